The number of phenolic OH excluding ortho intramolecular Hbond substituents is 1. The maximum Gasteiger partial charge on any atom is 0.244 e. The lowest BCUT2D eigenvalue weighted by atomic mass is 10.1. The van der Waals surface area contributed by atoms with Crippen molar-refractivity contribution in [2.75, 3.05) is 14.2 Å². The predicted octanol–water partition coefficient (Wildman–Crippen LogP) is 5.17. The van der Waals surface area contributed by atoms with Crippen molar-refractivity contribution in [1.82, 2.24) is 5.43 Å². The largest absolute Gasteiger partial charge is 0.507 e. The van der Waals surface area contributed by atoms with Crippen molar-refractivity contribution < 1.29 is 19.4 Å². The van der Waals surface area contributed by atoms with E-state index in [0.29, 0.717) is 33.5 Å². The number of nitrogens with one attached hydrogen (secondary N) is 1. The van der Waals surface area contributed by atoms with Crippen molar-refractivity contribution in [3.05, 3.63) is 76.8 Å². The molecule has 0 fully saturated rings. The molecule has 164 valence electrons. The van der Waals surface area contributed by atoms with Crippen molar-refractivity contribution in [2.24, 2.45) is 15.3 Å². The summed E-state index contributed by atoms with van der Waals surface area (Å²) < 4.78 is 10.4. The van der Waals surface area contributed by atoms with E-state index in [1.165, 1.54) is 19.4 Å². The number of hydrogen-bond donors (Lipinski definition) is 2. The third-order valence-corrected chi connectivity index (χ3v) is 4.66. The lowest BCUT2D eigenvalue weighted by Gasteiger charge is -2.09. The summed E-state index contributed by atoms with van der Waals surface area (Å²) in [6.45, 7) is 0. The molecule has 0 spiro atoms. The number of hydrazone groups is 1. The van der Waals surface area contributed by atoms with E-state index in [1.54, 1.807) is 61.7 Å². The summed E-state index contributed by atoms with van der Waals surface area (Å²) in [5, 5.41) is 22.7. The minimum absolute atomic E-state index is 0.0143. The van der Waals surface area contributed by atoms with E-state index in [1.807, 2.05) is 0 Å². The molecule has 3 aromatic carbocycles. The molecule has 0 unspecified atom stereocenters. The number of aromatic hydroxyl groups is 1. The quantitative estimate of drug-likeness (QED) is 0.279. The van der Waals surface area contributed by atoms with Gasteiger partial charge >= 0.3 is 0 Å². The maximum atomic E-state index is 12.2. The van der Waals surface area contributed by atoms with Crippen LogP contribution in [0, 0.1) is 0 Å². The highest BCUT2D eigenvalue weighted by molar-refractivity contribution is 6.32. The van der Waals surface area contributed by atoms with Crippen LogP contribution in [0.2, 0.25) is 5.02 Å². The molecule has 0 aliphatic carbocycles. The highest BCUT2D eigenvalue weighted by atomic mass is 35.5. The number of nitrogens with zero attached hydrogens (tertiary/aromatic N) is 3. The molecule has 9 heteroatoms. The number of hydrogen-bond acceptors (Lipinski definition) is 7. The van der Waals surface area contributed by atoms with Gasteiger partial charge < -0.3 is 14.6 Å². The SMILES string of the molecule is COc1ccc(CC(=O)NN=Cc2cc(N=Nc3ccccc3Cl)ccc2O)cc1OC. The molecule has 0 radical (unpaired) electrons. The fourth-order valence-electron chi connectivity index (χ4n) is 2.74. The summed E-state index contributed by atoms with van der Waals surface area (Å²) in [6.07, 6.45) is 1.42. The molecule has 0 aliphatic rings. The summed E-state index contributed by atoms with van der Waals surface area (Å²) in [4.78, 5) is 12.2. The van der Waals surface area contributed by atoms with Crippen molar-refractivity contribution in [3.8, 4) is 17.2 Å². The van der Waals surface area contributed by atoms with E-state index in [2.05, 4.69) is 20.8 Å². The molecule has 8 nitrogen and oxygen atoms in total. The number of phenols is 1. The molecule has 0 aromatic heterocycles. The topological polar surface area (TPSA) is 105 Å². The molecule has 0 aliphatic heterocycles. The average Bonchev–Trinajstić information content (AvgIpc) is 2.80. The van der Waals surface area contributed by atoms with Crippen LogP contribution in [-0.2, 0) is 11.2 Å². The van der Waals surface area contributed by atoms with Gasteiger partial charge in [-0.15, -0.1) is 5.11 Å². The Morgan fingerprint density at radius 3 is 2.56 bits per heavy atom. The number of ether oxygens (including phenoxy) is 2. The Labute approximate surface area is 190 Å². The molecule has 0 bridgehead atoms. The van der Waals surface area contributed by atoms with Crippen LogP contribution in [0.5, 0.6) is 17.2 Å². The number of carbonyl (C=O) groups is 1. The Morgan fingerprint density at radius 1 is 1.03 bits per heavy atom. The molecular formula is C23H21ClN4O4. The fraction of sp³-hybridized carbons (Fsp3) is 0.130. The van der Waals surface area contributed by atoms with Crippen molar-refractivity contribution >= 4 is 35.1 Å². The first-order chi connectivity index (χ1) is 15.5. The summed E-state index contributed by atoms with van der Waals surface area (Å²) in [5.41, 5.74) is 4.55. The molecule has 3 aromatic rings. The van der Waals surface area contributed by atoms with Crippen LogP contribution in [0.4, 0.5) is 11.4 Å². The van der Waals surface area contributed by atoms with Crippen LogP contribution in [0.1, 0.15) is 11.1 Å². The predicted molar refractivity (Wildman–Crippen MR) is 123 cm³/mol. The van der Waals surface area contributed by atoms with Gasteiger partial charge in [0.15, 0.2) is 11.5 Å². The fourth-order valence-corrected chi connectivity index (χ4v) is 2.91. The molecule has 0 heterocycles. The van der Waals surface area contributed by atoms with Crippen LogP contribution >= 0.6 is 11.6 Å². The number of benzene rings is 3. The van der Waals surface area contributed by atoms with E-state index in [-0.39, 0.29) is 18.1 Å². The molecule has 3 rings (SSSR count). The summed E-state index contributed by atoms with van der Waals surface area (Å²) in [5.74, 6) is 0.771. The van der Waals surface area contributed by atoms with Gasteiger partial charge in [0.25, 0.3) is 0 Å². The number of halogens is 1. The number of carbonyl (C=O) groups excluding carboxylic acids is 1. The number of azo groups is 1. The summed E-state index contributed by atoms with van der Waals surface area (Å²) in [6, 6.07) is 16.9. The Bertz CT molecular complexity index is 1160. The molecule has 2 N–H and O–H groups in total. The highest BCUT2D eigenvalue weighted by Gasteiger charge is 2.08. The van der Waals surface area contributed by atoms with E-state index in [0.717, 1.165) is 5.56 Å². The lowest BCUT2D eigenvalue weighted by molar-refractivity contribution is -0.120. The second-order valence-corrected chi connectivity index (χ2v) is 6.96. The summed E-state index contributed by atoms with van der Waals surface area (Å²) in [7, 11) is 3.07. The minimum Gasteiger partial charge on any atom is -0.507 e. The number of amides is 1. The Morgan fingerprint density at radius 2 is 1.81 bits per heavy atom. The molecular weight excluding hydrogens is 432 g/mol. The molecule has 32 heavy (non-hydrogen) atoms. The van der Waals surface area contributed by atoms with Gasteiger partial charge in [-0.05, 0) is 48.0 Å². The Balaban J connectivity index is 1.64. The number of rotatable bonds is 8. The third-order valence-electron chi connectivity index (χ3n) is 4.34. The second kappa shape index (κ2) is 10.9. The molecule has 0 atom stereocenters. The van der Waals surface area contributed by atoms with Gasteiger partial charge in [-0.1, -0.05) is 29.8 Å². The molecule has 0 saturated heterocycles. The zero-order chi connectivity index (χ0) is 22.9. The standard InChI is InChI=1S/C23H21ClN4O4/c1-31-21-10-7-15(11-22(21)32-2)12-23(30)28-25-14-16-13-17(8-9-20(16)29)26-27-19-6-4-3-5-18(19)24/h3-11,13-14,29H,12H2,1-2H3,(H,28,30). The molecule has 0 saturated carbocycles. The van der Waals surface area contributed by atoms with Gasteiger partial charge in [0.05, 0.1) is 37.6 Å². The number of methoxy groups -OCH3 is 2. The van der Waals surface area contributed by atoms with Crippen molar-refractivity contribution in [1.29, 1.82) is 0 Å². The van der Waals surface area contributed by atoms with Gasteiger partial charge in [-0.3, -0.25) is 4.79 Å². The monoisotopic (exact) mass is 452 g/mol. The van der Waals surface area contributed by atoms with Gasteiger partial charge in [0.1, 0.15) is 11.4 Å². The lowest BCUT2D eigenvalue weighted by Crippen LogP contribution is -2.19. The Kier molecular flexibility index (Phi) is 7.77. The van der Waals surface area contributed by atoms with Crippen molar-refractivity contribution in [3.63, 3.8) is 0 Å². The average molecular weight is 453 g/mol. The van der Waals surface area contributed by atoms with E-state index in [4.69, 9.17) is 21.1 Å². The van der Waals surface area contributed by atoms with E-state index in [9.17, 15) is 9.90 Å². The zero-order valence-electron chi connectivity index (χ0n) is 17.4. The van der Waals surface area contributed by atoms with Crippen LogP contribution < -0.4 is 14.9 Å². The first-order valence-electron chi connectivity index (χ1n) is 9.52. The smallest absolute Gasteiger partial charge is 0.244 e. The first-order valence-corrected chi connectivity index (χ1v) is 9.90. The van der Waals surface area contributed by atoms with Gasteiger partial charge in [0.2, 0.25) is 5.91 Å². The van der Waals surface area contributed by atoms with Gasteiger partial charge in [0, 0.05) is 5.56 Å². The zero-order valence-corrected chi connectivity index (χ0v) is 18.2. The third kappa shape index (κ3) is 6.05. The summed E-state index contributed by atoms with van der Waals surface area (Å²) >= 11 is 6.07. The van der Waals surface area contributed by atoms with Crippen LogP contribution in [0.3, 0.4) is 0 Å². The highest BCUT2D eigenvalue weighted by Crippen LogP contribution is 2.29. The van der Waals surface area contributed by atoms with E-state index >= 15 is 0 Å². The second-order valence-electron chi connectivity index (χ2n) is 6.55. The normalized spacial score (nSPS) is 11.1. The molecule has 1 amide bonds. The van der Waals surface area contributed by atoms with Gasteiger partial charge in [-0.2, -0.15) is 10.2 Å². The van der Waals surface area contributed by atoms with Gasteiger partial charge in [-0.25, -0.2) is 5.43 Å². The van der Waals surface area contributed by atoms with E-state index < -0.39 is 0 Å². The van der Waals surface area contributed by atoms with Crippen LogP contribution in [0.25, 0.3) is 0 Å². The van der Waals surface area contributed by atoms with Crippen LogP contribution in [-0.4, -0.2) is 31.4 Å². The first kappa shape index (κ1) is 22.8. The Hall–Kier alpha value is -3.91. The minimum atomic E-state index is -0.331. The maximum absolute atomic E-state index is 12.2. The van der Waals surface area contributed by atoms with Crippen LogP contribution in [0.15, 0.2) is 76.0 Å². The van der Waals surface area contributed by atoms with Crippen molar-refractivity contribution in [2.45, 2.75) is 6.42 Å².